The third kappa shape index (κ3) is 3.85. The summed E-state index contributed by atoms with van der Waals surface area (Å²) in [7, 11) is 0. The molecule has 0 atom stereocenters. The molecule has 0 unspecified atom stereocenters. The number of nitrogens with zero attached hydrogens (tertiary/aromatic N) is 5. The van der Waals surface area contributed by atoms with Crippen LogP contribution >= 0.6 is 0 Å². The van der Waals surface area contributed by atoms with Crippen LogP contribution in [0.4, 0.5) is 10.6 Å². The van der Waals surface area contributed by atoms with Gasteiger partial charge in [-0.3, -0.25) is 0 Å². The highest BCUT2D eigenvalue weighted by Gasteiger charge is 2.31. The number of hydrogen-bond donors (Lipinski definition) is 0. The van der Waals surface area contributed by atoms with Crippen molar-refractivity contribution in [3.8, 4) is 11.4 Å². The summed E-state index contributed by atoms with van der Waals surface area (Å²) >= 11 is 0. The average Bonchev–Trinajstić information content (AvgIpc) is 2.84. The third-order valence-electron chi connectivity index (χ3n) is 5.93. The van der Waals surface area contributed by atoms with Gasteiger partial charge in [-0.15, -0.1) is 0 Å². The van der Waals surface area contributed by atoms with Gasteiger partial charge in [0.1, 0.15) is 5.82 Å². The van der Waals surface area contributed by atoms with Crippen molar-refractivity contribution in [3.63, 3.8) is 0 Å². The number of hydrogen-bond acceptors (Lipinski definition) is 6. The number of urea groups is 1. The molecular formula is C22H27N5O3. The number of rotatable bonds is 2. The van der Waals surface area contributed by atoms with E-state index < -0.39 is 0 Å². The van der Waals surface area contributed by atoms with Gasteiger partial charge < -0.3 is 24.2 Å². The molecular weight excluding hydrogens is 382 g/mol. The Balaban J connectivity index is 1.48. The molecule has 4 heterocycles. The maximum Gasteiger partial charge on any atom is 0.320 e. The molecule has 2 fully saturated rings. The Morgan fingerprint density at radius 1 is 0.833 bits per heavy atom. The van der Waals surface area contributed by atoms with E-state index in [2.05, 4.69) is 4.90 Å². The van der Waals surface area contributed by atoms with E-state index in [1.807, 2.05) is 40.1 Å². The zero-order valence-electron chi connectivity index (χ0n) is 17.1. The van der Waals surface area contributed by atoms with Crippen LogP contribution in [0.1, 0.15) is 11.3 Å². The summed E-state index contributed by atoms with van der Waals surface area (Å²) in [6, 6.07) is 10.2. The van der Waals surface area contributed by atoms with Crippen molar-refractivity contribution in [2.45, 2.75) is 13.0 Å². The molecule has 0 aliphatic carbocycles. The lowest BCUT2D eigenvalue weighted by Crippen LogP contribution is -2.50. The number of morpholine rings is 2. The van der Waals surface area contributed by atoms with Crippen LogP contribution in [-0.2, 0) is 22.4 Å². The molecule has 3 aliphatic heterocycles. The van der Waals surface area contributed by atoms with E-state index >= 15 is 0 Å². The fourth-order valence-corrected chi connectivity index (χ4v) is 4.27. The highest BCUT2D eigenvalue weighted by molar-refractivity contribution is 5.75. The van der Waals surface area contributed by atoms with Crippen molar-refractivity contribution in [2.75, 3.05) is 64.1 Å². The van der Waals surface area contributed by atoms with E-state index in [1.165, 1.54) is 0 Å². The number of carbonyl (C=O) groups is 1. The Labute approximate surface area is 176 Å². The Hall–Kier alpha value is -2.71. The highest BCUT2D eigenvalue weighted by atomic mass is 16.5. The SMILES string of the molecule is O=C(N1CCOCC1)N1CCc2nc(-c3ccccc3)nc(N3CCOCC3)c2C1. The average molecular weight is 409 g/mol. The normalized spacial score (nSPS) is 19.5. The van der Waals surface area contributed by atoms with Gasteiger partial charge >= 0.3 is 6.03 Å². The number of carbonyl (C=O) groups excluding carboxylic acids is 1. The van der Waals surface area contributed by atoms with Crippen LogP contribution in [0.25, 0.3) is 11.4 Å². The maximum absolute atomic E-state index is 13.1. The second-order valence-electron chi connectivity index (χ2n) is 7.82. The maximum atomic E-state index is 13.1. The molecule has 0 N–H and O–H groups in total. The quantitative estimate of drug-likeness (QED) is 0.753. The van der Waals surface area contributed by atoms with Gasteiger partial charge in [0, 0.05) is 50.3 Å². The minimum atomic E-state index is 0.0870. The van der Waals surface area contributed by atoms with Crippen LogP contribution in [-0.4, -0.2) is 85.0 Å². The zero-order valence-corrected chi connectivity index (χ0v) is 17.1. The molecule has 0 saturated carbocycles. The van der Waals surface area contributed by atoms with Crippen molar-refractivity contribution in [2.24, 2.45) is 0 Å². The largest absolute Gasteiger partial charge is 0.378 e. The molecule has 2 saturated heterocycles. The van der Waals surface area contributed by atoms with Gasteiger partial charge in [0.2, 0.25) is 0 Å². The number of benzene rings is 1. The van der Waals surface area contributed by atoms with Crippen molar-refractivity contribution in [3.05, 3.63) is 41.6 Å². The van der Waals surface area contributed by atoms with E-state index in [4.69, 9.17) is 19.4 Å². The number of aromatic nitrogens is 2. The van der Waals surface area contributed by atoms with Crippen molar-refractivity contribution < 1.29 is 14.3 Å². The summed E-state index contributed by atoms with van der Waals surface area (Å²) in [4.78, 5) is 29.0. The molecule has 1 aromatic carbocycles. The molecule has 5 rings (SSSR count). The van der Waals surface area contributed by atoms with E-state index in [0.29, 0.717) is 52.6 Å². The molecule has 2 amide bonds. The summed E-state index contributed by atoms with van der Waals surface area (Å²) in [6.45, 7) is 6.74. The molecule has 0 bridgehead atoms. The standard InChI is InChI=1S/C22H27N5O3/c28-22(26-10-14-30-15-11-26)27-7-6-19-18(16-27)21(25-8-12-29-13-9-25)24-20(23-19)17-4-2-1-3-5-17/h1-5H,6-16H2. The first-order valence-corrected chi connectivity index (χ1v) is 10.7. The highest BCUT2D eigenvalue weighted by Crippen LogP contribution is 2.30. The van der Waals surface area contributed by atoms with E-state index in [-0.39, 0.29) is 6.03 Å². The van der Waals surface area contributed by atoms with Crippen LogP contribution in [0.5, 0.6) is 0 Å². The number of fused-ring (bicyclic) bond motifs is 1. The molecule has 2 aromatic rings. The number of amides is 2. The number of ether oxygens (including phenoxy) is 2. The topological polar surface area (TPSA) is 71.0 Å². The minimum absolute atomic E-state index is 0.0870. The summed E-state index contributed by atoms with van der Waals surface area (Å²) in [6.07, 6.45) is 0.741. The van der Waals surface area contributed by atoms with Gasteiger partial charge in [-0.2, -0.15) is 0 Å². The summed E-state index contributed by atoms with van der Waals surface area (Å²) < 4.78 is 10.9. The molecule has 8 nitrogen and oxygen atoms in total. The lowest BCUT2D eigenvalue weighted by molar-refractivity contribution is 0.0421. The zero-order chi connectivity index (χ0) is 20.3. The van der Waals surface area contributed by atoms with Gasteiger partial charge in [-0.1, -0.05) is 30.3 Å². The van der Waals surface area contributed by atoms with Gasteiger partial charge in [0.05, 0.1) is 38.7 Å². The molecule has 3 aliphatic rings. The van der Waals surface area contributed by atoms with Crippen LogP contribution in [0, 0.1) is 0 Å². The molecule has 8 heteroatoms. The van der Waals surface area contributed by atoms with Gasteiger partial charge in [0.25, 0.3) is 0 Å². The minimum Gasteiger partial charge on any atom is -0.378 e. The Morgan fingerprint density at radius 2 is 1.53 bits per heavy atom. The predicted molar refractivity (Wildman–Crippen MR) is 112 cm³/mol. The van der Waals surface area contributed by atoms with Gasteiger partial charge in [-0.05, 0) is 0 Å². The predicted octanol–water partition coefficient (Wildman–Crippen LogP) is 1.79. The monoisotopic (exact) mass is 409 g/mol. The summed E-state index contributed by atoms with van der Waals surface area (Å²) in [5, 5.41) is 0. The van der Waals surface area contributed by atoms with Crippen LogP contribution < -0.4 is 4.90 Å². The van der Waals surface area contributed by atoms with Crippen LogP contribution in [0.15, 0.2) is 30.3 Å². The fraction of sp³-hybridized carbons (Fsp3) is 0.500. The first-order chi connectivity index (χ1) is 14.8. The summed E-state index contributed by atoms with van der Waals surface area (Å²) in [5.74, 6) is 1.70. The second-order valence-corrected chi connectivity index (χ2v) is 7.82. The Kier molecular flexibility index (Phi) is 5.50. The molecule has 1 aromatic heterocycles. The van der Waals surface area contributed by atoms with E-state index in [9.17, 15) is 4.79 Å². The van der Waals surface area contributed by atoms with E-state index in [0.717, 1.165) is 48.0 Å². The molecule has 0 spiro atoms. The van der Waals surface area contributed by atoms with Crippen LogP contribution in [0.3, 0.4) is 0 Å². The lowest BCUT2D eigenvalue weighted by Gasteiger charge is -2.37. The first-order valence-electron chi connectivity index (χ1n) is 10.7. The Bertz CT molecular complexity index is 895. The smallest absolute Gasteiger partial charge is 0.320 e. The van der Waals surface area contributed by atoms with Crippen molar-refractivity contribution in [1.82, 2.24) is 19.8 Å². The van der Waals surface area contributed by atoms with Crippen LogP contribution in [0.2, 0.25) is 0 Å². The van der Waals surface area contributed by atoms with Crippen molar-refractivity contribution >= 4 is 11.8 Å². The molecule has 30 heavy (non-hydrogen) atoms. The van der Waals surface area contributed by atoms with Crippen molar-refractivity contribution in [1.29, 1.82) is 0 Å². The van der Waals surface area contributed by atoms with E-state index in [1.54, 1.807) is 0 Å². The van der Waals surface area contributed by atoms with Gasteiger partial charge in [-0.25, -0.2) is 14.8 Å². The third-order valence-corrected chi connectivity index (χ3v) is 5.93. The fourth-order valence-electron chi connectivity index (χ4n) is 4.27. The molecule has 158 valence electrons. The molecule has 0 radical (unpaired) electrons. The first kappa shape index (κ1) is 19.3. The Morgan fingerprint density at radius 3 is 2.27 bits per heavy atom. The lowest BCUT2D eigenvalue weighted by atomic mass is 10.0. The van der Waals surface area contributed by atoms with Gasteiger partial charge in [0.15, 0.2) is 5.82 Å². The number of anilines is 1. The summed E-state index contributed by atoms with van der Waals surface area (Å²) in [5.41, 5.74) is 3.14. The second kappa shape index (κ2) is 8.57.